The van der Waals surface area contributed by atoms with E-state index < -0.39 is 0 Å². The molecule has 0 aliphatic carbocycles. The van der Waals surface area contributed by atoms with E-state index in [2.05, 4.69) is 18.7 Å². The highest BCUT2D eigenvalue weighted by atomic mass is 16.2. The van der Waals surface area contributed by atoms with Crippen molar-refractivity contribution in [2.24, 2.45) is 5.73 Å². The Morgan fingerprint density at radius 3 is 2.73 bits per heavy atom. The predicted octanol–water partition coefficient (Wildman–Crippen LogP) is 0.276. The summed E-state index contributed by atoms with van der Waals surface area (Å²) < 4.78 is 0. The van der Waals surface area contributed by atoms with Gasteiger partial charge in [-0.1, -0.05) is 6.92 Å². The monoisotopic (exact) mass is 213 g/mol. The summed E-state index contributed by atoms with van der Waals surface area (Å²) in [6, 6.07) is 0.208. The van der Waals surface area contributed by atoms with Gasteiger partial charge in [-0.2, -0.15) is 0 Å². The normalized spacial score (nSPS) is 26.5. The minimum Gasteiger partial charge on any atom is -0.339 e. The van der Waals surface area contributed by atoms with E-state index in [-0.39, 0.29) is 11.9 Å². The first-order valence-electron chi connectivity index (χ1n) is 5.82. The molecule has 2 atom stereocenters. The SMILES string of the molecule is CCC(C)N1CCCN(C)C(CN)C1=O. The van der Waals surface area contributed by atoms with Crippen LogP contribution in [0.1, 0.15) is 26.7 Å². The molecule has 0 aromatic heterocycles. The van der Waals surface area contributed by atoms with Gasteiger partial charge in [-0.3, -0.25) is 9.69 Å². The number of carbonyl (C=O) groups excluding carboxylic acids is 1. The minimum atomic E-state index is -0.124. The number of carbonyl (C=O) groups is 1. The molecule has 2 N–H and O–H groups in total. The molecule has 1 aliphatic heterocycles. The minimum absolute atomic E-state index is 0.124. The first kappa shape index (κ1) is 12.5. The van der Waals surface area contributed by atoms with E-state index in [0.717, 1.165) is 25.9 Å². The van der Waals surface area contributed by atoms with Crippen LogP contribution in [0.25, 0.3) is 0 Å². The Labute approximate surface area is 92.4 Å². The zero-order chi connectivity index (χ0) is 11.4. The van der Waals surface area contributed by atoms with Crippen molar-refractivity contribution >= 4 is 5.91 Å². The molecule has 0 aromatic rings. The summed E-state index contributed by atoms with van der Waals surface area (Å²) in [5, 5.41) is 0. The Kier molecular flexibility index (Phi) is 4.54. The molecule has 1 amide bonds. The summed E-state index contributed by atoms with van der Waals surface area (Å²) in [6.45, 7) is 6.47. The Morgan fingerprint density at radius 2 is 2.20 bits per heavy atom. The molecule has 1 aliphatic rings. The molecule has 15 heavy (non-hydrogen) atoms. The third-order valence-electron chi connectivity index (χ3n) is 3.36. The summed E-state index contributed by atoms with van der Waals surface area (Å²) >= 11 is 0. The number of amides is 1. The molecule has 1 rings (SSSR count). The van der Waals surface area contributed by atoms with E-state index in [1.54, 1.807) is 0 Å². The van der Waals surface area contributed by atoms with E-state index in [0.29, 0.717) is 12.6 Å². The topological polar surface area (TPSA) is 49.6 Å². The fraction of sp³-hybridized carbons (Fsp3) is 0.909. The molecule has 0 bridgehead atoms. The summed E-state index contributed by atoms with van der Waals surface area (Å²) in [5.41, 5.74) is 5.67. The molecule has 4 nitrogen and oxygen atoms in total. The molecule has 0 radical (unpaired) electrons. The Balaban J connectivity index is 2.77. The summed E-state index contributed by atoms with van der Waals surface area (Å²) in [6.07, 6.45) is 2.05. The standard InChI is InChI=1S/C11H23N3O/c1-4-9(2)14-7-5-6-13(3)10(8-12)11(14)15/h9-10H,4-8,12H2,1-3H3. The number of likely N-dealkylation sites (N-methyl/N-ethyl adjacent to an activating group) is 1. The van der Waals surface area contributed by atoms with Crippen molar-refractivity contribution in [1.82, 2.24) is 9.80 Å². The maximum Gasteiger partial charge on any atom is 0.241 e. The second kappa shape index (κ2) is 5.47. The van der Waals surface area contributed by atoms with Crippen LogP contribution < -0.4 is 5.73 Å². The zero-order valence-electron chi connectivity index (χ0n) is 10.1. The molecule has 88 valence electrons. The van der Waals surface area contributed by atoms with E-state index >= 15 is 0 Å². The highest BCUT2D eigenvalue weighted by molar-refractivity contribution is 5.82. The van der Waals surface area contributed by atoms with E-state index in [1.165, 1.54) is 0 Å². The van der Waals surface area contributed by atoms with Gasteiger partial charge in [0.25, 0.3) is 0 Å². The van der Waals surface area contributed by atoms with Crippen LogP contribution in [-0.2, 0) is 4.79 Å². The summed E-state index contributed by atoms with van der Waals surface area (Å²) in [5.74, 6) is 0.201. The fourth-order valence-corrected chi connectivity index (χ4v) is 2.08. The van der Waals surface area contributed by atoms with Gasteiger partial charge in [0.2, 0.25) is 5.91 Å². The van der Waals surface area contributed by atoms with Crippen molar-refractivity contribution in [3.05, 3.63) is 0 Å². The number of nitrogens with zero attached hydrogens (tertiary/aromatic N) is 2. The van der Waals surface area contributed by atoms with E-state index in [9.17, 15) is 4.79 Å². The average Bonchev–Trinajstić information content (AvgIpc) is 2.36. The van der Waals surface area contributed by atoms with Gasteiger partial charge in [-0.15, -0.1) is 0 Å². The van der Waals surface area contributed by atoms with Crippen LogP contribution in [-0.4, -0.2) is 54.5 Å². The van der Waals surface area contributed by atoms with Gasteiger partial charge in [-0.25, -0.2) is 0 Å². The lowest BCUT2D eigenvalue weighted by atomic mass is 10.1. The lowest BCUT2D eigenvalue weighted by Gasteiger charge is -2.31. The number of rotatable bonds is 3. The van der Waals surface area contributed by atoms with Gasteiger partial charge < -0.3 is 10.6 Å². The lowest BCUT2D eigenvalue weighted by Crippen LogP contribution is -2.50. The third kappa shape index (κ3) is 2.69. The van der Waals surface area contributed by atoms with Crippen LogP contribution in [0.2, 0.25) is 0 Å². The Bertz CT molecular complexity index is 220. The highest BCUT2D eigenvalue weighted by Gasteiger charge is 2.31. The quantitative estimate of drug-likeness (QED) is 0.732. The van der Waals surface area contributed by atoms with Crippen LogP contribution in [0.5, 0.6) is 0 Å². The average molecular weight is 213 g/mol. The van der Waals surface area contributed by atoms with Gasteiger partial charge >= 0.3 is 0 Å². The Hall–Kier alpha value is -0.610. The number of hydrogen-bond donors (Lipinski definition) is 1. The molecular formula is C11H23N3O. The van der Waals surface area contributed by atoms with Gasteiger partial charge in [-0.05, 0) is 26.8 Å². The molecule has 2 unspecified atom stereocenters. The van der Waals surface area contributed by atoms with Crippen molar-refractivity contribution < 1.29 is 4.79 Å². The maximum atomic E-state index is 12.2. The molecule has 1 fully saturated rings. The second-order valence-corrected chi connectivity index (χ2v) is 4.37. The van der Waals surface area contributed by atoms with Gasteiger partial charge in [0.05, 0.1) is 0 Å². The molecule has 1 heterocycles. The van der Waals surface area contributed by atoms with Crippen LogP contribution in [0, 0.1) is 0 Å². The molecule has 0 saturated carbocycles. The van der Waals surface area contributed by atoms with Gasteiger partial charge in [0.1, 0.15) is 6.04 Å². The van der Waals surface area contributed by atoms with Crippen LogP contribution >= 0.6 is 0 Å². The van der Waals surface area contributed by atoms with E-state index in [4.69, 9.17) is 5.73 Å². The van der Waals surface area contributed by atoms with Gasteiger partial charge in [0.15, 0.2) is 0 Å². The van der Waals surface area contributed by atoms with Crippen molar-refractivity contribution in [2.45, 2.75) is 38.8 Å². The van der Waals surface area contributed by atoms with Crippen LogP contribution in [0.4, 0.5) is 0 Å². The summed E-state index contributed by atoms with van der Waals surface area (Å²) in [4.78, 5) is 16.3. The number of nitrogens with two attached hydrogens (primary N) is 1. The first-order chi connectivity index (χ1) is 7.11. The molecule has 0 spiro atoms. The molecule has 4 heteroatoms. The first-order valence-corrected chi connectivity index (χ1v) is 5.82. The maximum absolute atomic E-state index is 12.2. The summed E-state index contributed by atoms with van der Waals surface area (Å²) in [7, 11) is 1.98. The fourth-order valence-electron chi connectivity index (χ4n) is 2.08. The lowest BCUT2D eigenvalue weighted by molar-refractivity contribution is -0.136. The van der Waals surface area contributed by atoms with Gasteiger partial charge in [0, 0.05) is 25.7 Å². The van der Waals surface area contributed by atoms with E-state index in [1.807, 2.05) is 11.9 Å². The Morgan fingerprint density at radius 1 is 1.53 bits per heavy atom. The largest absolute Gasteiger partial charge is 0.339 e. The molecule has 1 saturated heterocycles. The molecule has 0 aromatic carbocycles. The van der Waals surface area contributed by atoms with Crippen LogP contribution in [0.3, 0.4) is 0 Å². The van der Waals surface area contributed by atoms with Crippen molar-refractivity contribution in [3.63, 3.8) is 0 Å². The smallest absolute Gasteiger partial charge is 0.241 e. The number of hydrogen-bond acceptors (Lipinski definition) is 3. The zero-order valence-corrected chi connectivity index (χ0v) is 10.1. The second-order valence-electron chi connectivity index (χ2n) is 4.37. The predicted molar refractivity (Wildman–Crippen MR) is 61.6 cm³/mol. The van der Waals surface area contributed by atoms with Crippen LogP contribution in [0.15, 0.2) is 0 Å². The van der Waals surface area contributed by atoms with Crippen molar-refractivity contribution in [3.8, 4) is 0 Å². The van der Waals surface area contributed by atoms with Crippen molar-refractivity contribution in [1.29, 1.82) is 0 Å². The van der Waals surface area contributed by atoms with Crippen molar-refractivity contribution in [2.75, 3.05) is 26.7 Å². The highest BCUT2D eigenvalue weighted by Crippen LogP contribution is 2.13. The third-order valence-corrected chi connectivity index (χ3v) is 3.36. The molecular weight excluding hydrogens is 190 g/mol.